The van der Waals surface area contributed by atoms with Gasteiger partial charge in [0.15, 0.2) is 5.82 Å². The fourth-order valence-electron chi connectivity index (χ4n) is 2.93. The summed E-state index contributed by atoms with van der Waals surface area (Å²) >= 11 is 0. The lowest BCUT2D eigenvalue weighted by atomic mass is 9.95. The van der Waals surface area contributed by atoms with Gasteiger partial charge in [-0.1, -0.05) is 19.3 Å². The highest BCUT2D eigenvalue weighted by atomic mass is 19.1. The lowest BCUT2D eigenvalue weighted by Crippen LogP contribution is -2.14. The number of nitrogens with zero attached hydrogens (tertiary/aromatic N) is 2. The van der Waals surface area contributed by atoms with E-state index in [1.165, 1.54) is 12.5 Å². The van der Waals surface area contributed by atoms with Crippen molar-refractivity contribution in [1.82, 2.24) is 9.78 Å². The maximum absolute atomic E-state index is 14.0. The standard InChI is InChI=1S/C14H16F2N2/c1-9-12-7-10(15)8-13(16)14(12)18(17-9)11-5-3-2-4-6-11/h7-8,11H,2-6H2,1H3. The lowest BCUT2D eigenvalue weighted by molar-refractivity contribution is 0.334. The number of fused-ring (bicyclic) bond motifs is 1. The van der Waals surface area contributed by atoms with Crippen LogP contribution in [0.15, 0.2) is 12.1 Å². The average Bonchev–Trinajstić information content (AvgIpc) is 2.68. The molecule has 0 atom stereocenters. The van der Waals surface area contributed by atoms with Crippen LogP contribution in [-0.2, 0) is 0 Å². The summed E-state index contributed by atoms with van der Waals surface area (Å²) < 4.78 is 29.0. The number of aromatic nitrogens is 2. The fraction of sp³-hybridized carbons (Fsp3) is 0.500. The summed E-state index contributed by atoms with van der Waals surface area (Å²) in [7, 11) is 0. The Balaban J connectivity index is 2.17. The number of halogens is 2. The second-order valence-electron chi connectivity index (χ2n) is 5.11. The largest absolute Gasteiger partial charge is 0.259 e. The van der Waals surface area contributed by atoms with Gasteiger partial charge in [0, 0.05) is 11.5 Å². The summed E-state index contributed by atoms with van der Waals surface area (Å²) in [6.45, 7) is 1.81. The Labute approximate surface area is 105 Å². The van der Waals surface area contributed by atoms with Crippen LogP contribution in [0, 0.1) is 18.6 Å². The van der Waals surface area contributed by atoms with E-state index in [1.54, 1.807) is 11.6 Å². The average molecular weight is 250 g/mol. The molecule has 1 aliphatic carbocycles. The monoisotopic (exact) mass is 250 g/mol. The molecule has 1 aliphatic rings. The van der Waals surface area contributed by atoms with Crippen LogP contribution in [0.5, 0.6) is 0 Å². The molecule has 2 aromatic rings. The molecule has 0 spiro atoms. The number of hydrogen-bond acceptors (Lipinski definition) is 1. The van der Waals surface area contributed by atoms with Crippen molar-refractivity contribution in [3.8, 4) is 0 Å². The van der Waals surface area contributed by atoms with Crippen molar-refractivity contribution in [3.05, 3.63) is 29.5 Å². The molecule has 96 valence electrons. The molecule has 3 rings (SSSR count). The quantitative estimate of drug-likeness (QED) is 0.744. The van der Waals surface area contributed by atoms with E-state index in [-0.39, 0.29) is 6.04 Å². The van der Waals surface area contributed by atoms with Gasteiger partial charge in [0.2, 0.25) is 0 Å². The molecule has 0 N–H and O–H groups in total. The molecule has 0 amide bonds. The Morgan fingerprint density at radius 2 is 1.89 bits per heavy atom. The van der Waals surface area contributed by atoms with Gasteiger partial charge >= 0.3 is 0 Å². The van der Waals surface area contributed by atoms with Crippen LogP contribution < -0.4 is 0 Å². The number of benzene rings is 1. The van der Waals surface area contributed by atoms with E-state index in [1.807, 2.05) is 0 Å². The van der Waals surface area contributed by atoms with Gasteiger partial charge in [0.25, 0.3) is 0 Å². The van der Waals surface area contributed by atoms with E-state index in [2.05, 4.69) is 5.10 Å². The Morgan fingerprint density at radius 3 is 2.61 bits per heavy atom. The van der Waals surface area contributed by atoms with Gasteiger partial charge in [-0.25, -0.2) is 8.78 Å². The van der Waals surface area contributed by atoms with Gasteiger partial charge in [0.05, 0.1) is 11.7 Å². The molecule has 1 fully saturated rings. The fourth-order valence-corrected chi connectivity index (χ4v) is 2.93. The highest BCUT2D eigenvalue weighted by Crippen LogP contribution is 2.32. The summed E-state index contributed by atoms with van der Waals surface area (Å²) in [5, 5.41) is 5.02. The van der Waals surface area contributed by atoms with Gasteiger partial charge in [-0.15, -0.1) is 0 Å². The molecule has 1 heterocycles. The predicted molar refractivity (Wildman–Crippen MR) is 66.5 cm³/mol. The van der Waals surface area contributed by atoms with Crippen molar-refractivity contribution in [1.29, 1.82) is 0 Å². The second-order valence-corrected chi connectivity index (χ2v) is 5.11. The smallest absolute Gasteiger partial charge is 0.152 e. The molecular formula is C14H16F2N2. The van der Waals surface area contributed by atoms with Crippen molar-refractivity contribution in [2.75, 3.05) is 0 Å². The minimum Gasteiger partial charge on any atom is -0.259 e. The zero-order valence-electron chi connectivity index (χ0n) is 10.4. The van der Waals surface area contributed by atoms with Crippen LogP contribution in [0.3, 0.4) is 0 Å². The van der Waals surface area contributed by atoms with Crippen molar-refractivity contribution in [2.45, 2.75) is 45.1 Å². The summed E-state index contributed by atoms with van der Waals surface area (Å²) in [6.07, 6.45) is 5.63. The summed E-state index contributed by atoms with van der Waals surface area (Å²) in [5.74, 6) is -1.04. The van der Waals surface area contributed by atoms with Crippen LogP contribution in [-0.4, -0.2) is 9.78 Å². The normalized spacial score (nSPS) is 17.5. The molecule has 0 bridgehead atoms. The van der Waals surface area contributed by atoms with E-state index < -0.39 is 11.6 Å². The minimum absolute atomic E-state index is 0.259. The van der Waals surface area contributed by atoms with Gasteiger partial charge in [0.1, 0.15) is 11.3 Å². The first-order valence-corrected chi connectivity index (χ1v) is 6.50. The first-order chi connectivity index (χ1) is 8.66. The molecule has 1 saturated carbocycles. The SMILES string of the molecule is Cc1nn(C2CCCCC2)c2c(F)cc(F)cc12. The van der Waals surface area contributed by atoms with Crippen LogP contribution in [0.2, 0.25) is 0 Å². The highest BCUT2D eigenvalue weighted by Gasteiger charge is 2.21. The Morgan fingerprint density at radius 1 is 1.17 bits per heavy atom. The van der Waals surface area contributed by atoms with Crippen molar-refractivity contribution >= 4 is 10.9 Å². The molecule has 18 heavy (non-hydrogen) atoms. The highest BCUT2D eigenvalue weighted by molar-refractivity contribution is 5.82. The van der Waals surface area contributed by atoms with Crippen LogP contribution in [0.25, 0.3) is 10.9 Å². The zero-order valence-corrected chi connectivity index (χ0v) is 10.4. The predicted octanol–water partition coefficient (Wildman–Crippen LogP) is 4.13. The first-order valence-electron chi connectivity index (χ1n) is 6.50. The summed E-state index contributed by atoms with van der Waals surface area (Å²) in [5.41, 5.74) is 1.16. The van der Waals surface area contributed by atoms with Crippen LogP contribution in [0.4, 0.5) is 8.78 Å². The second kappa shape index (κ2) is 4.34. The molecule has 1 aromatic heterocycles. The van der Waals surface area contributed by atoms with Crippen LogP contribution in [0.1, 0.15) is 43.8 Å². The Kier molecular flexibility index (Phi) is 2.80. The number of aryl methyl sites for hydroxylation is 1. The molecule has 0 unspecified atom stereocenters. The molecule has 1 aromatic carbocycles. The molecule has 4 heteroatoms. The van der Waals surface area contributed by atoms with Gasteiger partial charge < -0.3 is 0 Å². The first kappa shape index (κ1) is 11.6. The zero-order chi connectivity index (χ0) is 12.7. The summed E-state index contributed by atoms with van der Waals surface area (Å²) in [4.78, 5) is 0. The van der Waals surface area contributed by atoms with Crippen LogP contribution >= 0.6 is 0 Å². The molecule has 2 nitrogen and oxygen atoms in total. The molecule has 0 aliphatic heterocycles. The molecule has 0 saturated heterocycles. The molecule has 0 radical (unpaired) electrons. The number of rotatable bonds is 1. The van der Waals surface area contributed by atoms with E-state index in [0.717, 1.165) is 31.7 Å². The molecular weight excluding hydrogens is 234 g/mol. The van der Waals surface area contributed by atoms with Crippen molar-refractivity contribution in [2.24, 2.45) is 0 Å². The maximum atomic E-state index is 14.0. The lowest BCUT2D eigenvalue weighted by Gasteiger charge is -2.22. The van der Waals surface area contributed by atoms with Gasteiger partial charge in [-0.05, 0) is 25.8 Å². The number of hydrogen-bond donors (Lipinski definition) is 0. The topological polar surface area (TPSA) is 17.8 Å². The van der Waals surface area contributed by atoms with E-state index in [9.17, 15) is 8.78 Å². The van der Waals surface area contributed by atoms with E-state index >= 15 is 0 Å². The van der Waals surface area contributed by atoms with Gasteiger partial charge in [-0.2, -0.15) is 5.10 Å². The Hall–Kier alpha value is -1.45. The van der Waals surface area contributed by atoms with E-state index in [0.29, 0.717) is 16.6 Å². The third-order valence-electron chi connectivity index (χ3n) is 3.83. The maximum Gasteiger partial charge on any atom is 0.152 e. The van der Waals surface area contributed by atoms with Gasteiger partial charge in [-0.3, -0.25) is 4.68 Å². The Bertz CT molecular complexity index is 583. The van der Waals surface area contributed by atoms with E-state index in [4.69, 9.17) is 0 Å². The third-order valence-corrected chi connectivity index (χ3v) is 3.83. The van der Waals surface area contributed by atoms with Crippen molar-refractivity contribution < 1.29 is 8.78 Å². The van der Waals surface area contributed by atoms with Crippen molar-refractivity contribution in [3.63, 3.8) is 0 Å². The third kappa shape index (κ3) is 1.80. The summed E-state index contributed by atoms with van der Waals surface area (Å²) in [6, 6.07) is 2.58. The minimum atomic E-state index is -0.536.